The molecule has 8 N–H and O–H groups in total. The van der Waals surface area contributed by atoms with Crippen molar-refractivity contribution in [1.29, 1.82) is 0 Å². The molecular weight excluding hydrogens is 994 g/mol. The average Bonchev–Trinajstić information content (AvgIpc) is 3.37. The largest absolute Gasteiger partial charge is 0.542 e. The Morgan fingerprint density at radius 3 is 2.05 bits per heavy atom. The summed E-state index contributed by atoms with van der Waals surface area (Å²) >= 11 is 0. The molecule has 0 spiro atoms. The Morgan fingerprint density at radius 1 is 0.842 bits per heavy atom. The predicted molar refractivity (Wildman–Crippen MR) is 272 cm³/mol. The molecule has 0 radical (unpaired) electrons. The number of hydrogen-bond acceptors (Lipinski definition) is 12. The number of quaternary nitrogens is 1. The highest BCUT2D eigenvalue weighted by atomic mass is 19.4. The number of likely N-dealkylation sites (N-methyl/N-ethyl adjacent to an activating group) is 1. The van der Waals surface area contributed by atoms with Gasteiger partial charge < -0.3 is 56.3 Å². The molecule has 1 aliphatic heterocycles. The van der Waals surface area contributed by atoms with Crippen molar-refractivity contribution in [2.75, 3.05) is 34.2 Å². The molecule has 0 aliphatic carbocycles. The quantitative estimate of drug-likeness (QED) is 0.0524. The molecule has 19 nitrogen and oxygen atoms in total. The van der Waals surface area contributed by atoms with Gasteiger partial charge in [-0.2, -0.15) is 13.2 Å². The number of nitrogens with zero attached hydrogens (tertiary/aromatic N) is 3. The maximum absolute atomic E-state index is 14.6. The van der Waals surface area contributed by atoms with Crippen molar-refractivity contribution >= 4 is 41.5 Å². The summed E-state index contributed by atoms with van der Waals surface area (Å²) in [5.41, 5.74) is 3.17. The van der Waals surface area contributed by atoms with E-state index in [-0.39, 0.29) is 59.6 Å². The van der Waals surface area contributed by atoms with E-state index in [1.807, 2.05) is 26.2 Å². The van der Waals surface area contributed by atoms with Gasteiger partial charge >= 0.3 is 12.1 Å². The van der Waals surface area contributed by atoms with Crippen LogP contribution >= 0.6 is 0 Å². The number of benzene rings is 3. The third-order valence-corrected chi connectivity index (χ3v) is 12.6. The number of carboxylic acid groups (broad SMARTS) is 2. The van der Waals surface area contributed by atoms with Crippen LogP contribution in [0.4, 0.5) is 13.2 Å². The van der Waals surface area contributed by atoms with Crippen LogP contribution in [0.1, 0.15) is 118 Å². The molecule has 1 aliphatic rings. The number of amides is 5. The van der Waals surface area contributed by atoms with Crippen LogP contribution in [-0.4, -0.2) is 130 Å². The number of carboxylic acids is 2. The molecule has 3 aromatic carbocycles. The van der Waals surface area contributed by atoms with Gasteiger partial charge in [0.2, 0.25) is 23.6 Å². The van der Waals surface area contributed by atoms with Gasteiger partial charge in [0.1, 0.15) is 41.6 Å². The first kappa shape index (κ1) is 60.9. The van der Waals surface area contributed by atoms with Crippen molar-refractivity contribution in [3.05, 3.63) is 95.3 Å². The van der Waals surface area contributed by atoms with Crippen LogP contribution in [0.25, 0.3) is 22.5 Å². The van der Waals surface area contributed by atoms with E-state index in [0.29, 0.717) is 17.8 Å². The number of nitrogens with one attached hydrogen (secondary N) is 5. The van der Waals surface area contributed by atoms with E-state index in [1.165, 1.54) is 112 Å². The summed E-state index contributed by atoms with van der Waals surface area (Å²) in [4.78, 5) is 101. The summed E-state index contributed by atoms with van der Waals surface area (Å²) in [5, 5.41) is 51.3. The minimum atomic E-state index is -5.19. The Hall–Kier alpha value is -7.62. The van der Waals surface area contributed by atoms with E-state index in [2.05, 4.69) is 50.3 Å². The Bertz CT molecular complexity index is 2620. The summed E-state index contributed by atoms with van der Waals surface area (Å²) in [5.74, 6) is -7.60. The number of fused-ring (bicyclic) bond motifs is 5. The topological polar surface area (TPSA) is 285 Å². The number of alkyl halides is 3. The zero-order chi connectivity index (χ0) is 56.1. The molecule has 4 atom stereocenters. The van der Waals surface area contributed by atoms with Gasteiger partial charge in [-0.1, -0.05) is 81.8 Å². The first-order chi connectivity index (χ1) is 36.0. The third-order valence-electron chi connectivity index (χ3n) is 12.6. The lowest BCUT2D eigenvalue weighted by atomic mass is 9.93. The number of halogens is 3. The monoisotopic (exact) mass is 1060 g/mol. The molecule has 4 bridgehead atoms. The van der Waals surface area contributed by atoms with Crippen molar-refractivity contribution in [2.24, 2.45) is 0 Å². The molecule has 4 aromatic rings. The smallest absolute Gasteiger partial charge is 0.430 e. The number of rotatable bonds is 22. The highest BCUT2D eigenvalue weighted by Gasteiger charge is 2.36. The first-order valence-electron chi connectivity index (χ1n) is 25.3. The van der Waals surface area contributed by atoms with Gasteiger partial charge in [0, 0.05) is 55.5 Å². The lowest BCUT2D eigenvalue weighted by Gasteiger charge is -2.32. The van der Waals surface area contributed by atoms with E-state index in [9.17, 15) is 57.3 Å². The zero-order valence-electron chi connectivity index (χ0n) is 43.4. The van der Waals surface area contributed by atoms with Crippen LogP contribution in [0.5, 0.6) is 11.5 Å². The Morgan fingerprint density at radius 2 is 1.45 bits per heavy atom. The van der Waals surface area contributed by atoms with Gasteiger partial charge in [0.25, 0.3) is 5.91 Å². The molecule has 0 saturated heterocycles. The second kappa shape index (κ2) is 29.5. The van der Waals surface area contributed by atoms with Crippen LogP contribution in [0.15, 0.2) is 73.1 Å². The Kier molecular flexibility index (Phi) is 23.6. The van der Waals surface area contributed by atoms with Gasteiger partial charge in [0.15, 0.2) is 5.82 Å². The lowest BCUT2D eigenvalue weighted by Crippen LogP contribution is -3.05. The number of aromatic nitrogens is 2. The maximum Gasteiger partial charge on any atom is 0.430 e. The van der Waals surface area contributed by atoms with Crippen LogP contribution < -0.4 is 31.3 Å². The fourth-order valence-electron chi connectivity index (χ4n) is 8.32. The number of carbonyl (C=O) groups is 7. The highest BCUT2D eigenvalue weighted by Crippen LogP contribution is 2.39. The first-order valence-corrected chi connectivity index (χ1v) is 25.3. The minimum Gasteiger partial charge on any atom is -0.542 e. The fourth-order valence-corrected chi connectivity index (χ4v) is 8.32. The molecule has 0 fully saturated rings. The summed E-state index contributed by atoms with van der Waals surface area (Å²) in [6.07, 6.45) is 8.62. The predicted octanol–water partition coefficient (Wildman–Crippen LogP) is 3.56. The van der Waals surface area contributed by atoms with E-state index >= 15 is 0 Å². The van der Waals surface area contributed by atoms with Crippen molar-refractivity contribution in [3.63, 3.8) is 0 Å². The van der Waals surface area contributed by atoms with Crippen LogP contribution in [-0.2, 0) is 41.6 Å². The number of phenolic OH excluding ortho intramolecular Hbond substituents is 2. The van der Waals surface area contributed by atoms with Gasteiger partial charge in [-0.05, 0) is 80.0 Å². The fraction of sp³-hybridized carbons (Fsp3) is 0.463. The number of phenols is 2. The molecule has 22 heteroatoms. The summed E-state index contributed by atoms with van der Waals surface area (Å²) in [6, 6.07) is 11.5. The Labute approximate surface area is 439 Å². The summed E-state index contributed by atoms with van der Waals surface area (Å²) in [6.45, 7) is 4.34. The molecule has 0 saturated carbocycles. The maximum atomic E-state index is 14.6. The van der Waals surface area contributed by atoms with Crippen molar-refractivity contribution in [2.45, 2.75) is 128 Å². The second-order valence-electron chi connectivity index (χ2n) is 19.0. The molecule has 412 valence electrons. The number of aryl methyl sites for hydroxylation is 1. The highest BCUT2D eigenvalue weighted by molar-refractivity contribution is 5.96. The number of aliphatic carboxylic acids is 2. The molecule has 0 unspecified atom stereocenters. The van der Waals surface area contributed by atoms with E-state index < -0.39 is 71.8 Å². The van der Waals surface area contributed by atoms with Gasteiger partial charge in [-0.15, -0.1) is 0 Å². The minimum absolute atomic E-state index is 0.0641. The van der Waals surface area contributed by atoms with Crippen LogP contribution in [0.3, 0.4) is 0 Å². The van der Waals surface area contributed by atoms with E-state index in [4.69, 9.17) is 9.90 Å². The average molecular weight is 1060 g/mol. The lowest BCUT2D eigenvalue weighted by molar-refractivity contribution is -0.858. The van der Waals surface area contributed by atoms with Crippen molar-refractivity contribution in [3.8, 4) is 34.0 Å². The van der Waals surface area contributed by atoms with Gasteiger partial charge in [-0.3, -0.25) is 24.0 Å². The third kappa shape index (κ3) is 18.9. The molecule has 2 heterocycles. The van der Waals surface area contributed by atoms with Gasteiger partial charge in [0.05, 0.1) is 26.2 Å². The molecular formula is C54H69F3N8O11. The molecule has 5 amide bonds. The number of unbranched alkanes of at least 4 members (excludes halogenated alkanes) is 7. The summed E-state index contributed by atoms with van der Waals surface area (Å²) < 4.78 is 31.5. The van der Waals surface area contributed by atoms with Crippen LogP contribution in [0, 0.1) is 0 Å². The second-order valence-corrected chi connectivity index (χ2v) is 19.0. The van der Waals surface area contributed by atoms with Crippen molar-refractivity contribution < 1.29 is 72.1 Å². The normalized spacial score (nSPS) is 15.9. The number of carbonyl (C=O) groups excluding carboxylic acids is 6. The summed E-state index contributed by atoms with van der Waals surface area (Å²) in [7, 11) is 5.38. The zero-order valence-corrected chi connectivity index (χ0v) is 43.4. The molecule has 1 aromatic heterocycles. The van der Waals surface area contributed by atoms with E-state index in [1.54, 1.807) is 0 Å². The standard InChI is InChI=1S/C52H68N8O9.C2HF3O2/c1-6-7-8-9-10-11-12-15-34-17-20-36(21-18-34)47-54-31-38(32-55-47)49(65)53-26-25-45(63)57-41(16-13-14-27-59(3)4)51(67)60(5)46-37-22-24-44(62)40(30-37)39-28-35(19-23-43(39)61)29-42(52(68)69)58-48(64)33(2)56-50(46)66;3-2(4,5)1(6)7/h17-24,28,30-33,41-42,46,61-62H,6-16,25-27,29H2,1-5H3,(H,53,65)(H,56,66)(H,57,63)(H,58,64)(H,68,69);(H,6,7)/t33-,41-,42-,46-;/m0./s1. The molecule has 5 rings (SSSR count). The Balaban J connectivity index is 0.00000166. The van der Waals surface area contributed by atoms with Crippen molar-refractivity contribution in [1.82, 2.24) is 36.1 Å². The van der Waals surface area contributed by atoms with E-state index in [0.717, 1.165) is 36.3 Å². The number of aromatic hydroxyl groups is 2. The molecule has 76 heavy (non-hydrogen) atoms. The number of hydrogen-bond donors (Lipinski definition) is 8. The van der Waals surface area contributed by atoms with Gasteiger partial charge in [-0.25, -0.2) is 14.8 Å². The van der Waals surface area contributed by atoms with Crippen LogP contribution in [0.2, 0.25) is 0 Å². The SMILES string of the molecule is CCCCCCCCCc1ccc(-c2ncc(C(=O)NCCC(=O)N[C@@H](CCCC[NH+](C)C)C(=O)N(C)[C@@H]3C(=O)N[C@@H](C)C(=O)N[C@H](C(=O)O)Cc4ccc(O)c(c4)-c4cc3ccc4O)cn2)cc1.O=C([O-])C(F)(F)F.